The van der Waals surface area contributed by atoms with Gasteiger partial charge >= 0.3 is 5.97 Å². The van der Waals surface area contributed by atoms with E-state index in [1.54, 1.807) is 19.1 Å². The summed E-state index contributed by atoms with van der Waals surface area (Å²) >= 11 is 0. The predicted molar refractivity (Wildman–Crippen MR) is 104 cm³/mol. The SMILES string of the molecule is COC(=O)c1ccccc1C#CCCCN(CCCCCCN)C(C)=O. The van der Waals surface area contributed by atoms with Crippen LogP contribution in [-0.4, -0.2) is 43.5 Å². The van der Waals surface area contributed by atoms with Crippen molar-refractivity contribution in [2.45, 2.75) is 45.4 Å². The number of benzene rings is 1. The summed E-state index contributed by atoms with van der Waals surface area (Å²) in [6, 6.07) is 7.15. The first kappa shape index (κ1) is 21.7. The standard InChI is InChI=1S/C21H30N2O3/c1-18(24)23(16-10-4-3-9-15-22)17-11-5-6-12-19-13-7-8-14-20(19)21(25)26-2/h7-8,13-14H,3-5,9-11,15-17,22H2,1-2H3. The zero-order valence-electron chi connectivity index (χ0n) is 15.9. The molecule has 0 radical (unpaired) electrons. The first-order valence-electron chi connectivity index (χ1n) is 9.22. The predicted octanol–water partition coefficient (Wildman–Crippen LogP) is 2.97. The fourth-order valence-corrected chi connectivity index (χ4v) is 2.62. The molecule has 0 aromatic heterocycles. The average Bonchev–Trinajstić information content (AvgIpc) is 2.65. The van der Waals surface area contributed by atoms with Crippen LogP contribution in [0, 0.1) is 11.8 Å². The van der Waals surface area contributed by atoms with Crippen LogP contribution in [0.2, 0.25) is 0 Å². The second-order valence-corrected chi connectivity index (χ2v) is 6.15. The molecule has 2 N–H and O–H groups in total. The second kappa shape index (κ2) is 13.0. The van der Waals surface area contributed by atoms with Gasteiger partial charge in [-0.15, -0.1) is 0 Å². The number of carbonyl (C=O) groups is 2. The van der Waals surface area contributed by atoms with Crippen molar-refractivity contribution in [3.05, 3.63) is 35.4 Å². The lowest BCUT2D eigenvalue weighted by atomic mass is 10.1. The maximum absolute atomic E-state index is 11.7. The quantitative estimate of drug-likeness (QED) is 0.396. The Kier molecular flexibility index (Phi) is 10.8. The monoisotopic (exact) mass is 358 g/mol. The molecule has 0 saturated heterocycles. The van der Waals surface area contributed by atoms with E-state index in [2.05, 4.69) is 11.8 Å². The number of nitrogens with two attached hydrogens (primary N) is 1. The lowest BCUT2D eigenvalue weighted by Gasteiger charge is -2.20. The van der Waals surface area contributed by atoms with Gasteiger partial charge in [0, 0.05) is 32.0 Å². The van der Waals surface area contributed by atoms with Crippen molar-refractivity contribution in [1.29, 1.82) is 0 Å². The molecule has 1 aromatic rings. The summed E-state index contributed by atoms with van der Waals surface area (Å²) < 4.78 is 4.77. The molecule has 0 bridgehead atoms. The van der Waals surface area contributed by atoms with Gasteiger partial charge in [0.05, 0.1) is 12.7 Å². The molecular formula is C21H30N2O3. The Morgan fingerprint density at radius 1 is 1.08 bits per heavy atom. The molecule has 1 aromatic carbocycles. The number of hydrogen-bond acceptors (Lipinski definition) is 4. The molecule has 26 heavy (non-hydrogen) atoms. The first-order valence-corrected chi connectivity index (χ1v) is 9.22. The average molecular weight is 358 g/mol. The third kappa shape index (κ3) is 8.17. The third-order valence-electron chi connectivity index (χ3n) is 4.11. The number of nitrogens with zero attached hydrogens (tertiary/aromatic N) is 1. The number of unbranched alkanes of at least 4 members (excludes halogenated alkanes) is 4. The van der Waals surface area contributed by atoms with E-state index in [1.807, 2.05) is 17.0 Å². The van der Waals surface area contributed by atoms with Gasteiger partial charge in [-0.1, -0.05) is 36.8 Å². The molecule has 1 amide bonds. The van der Waals surface area contributed by atoms with E-state index in [1.165, 1.54) is 7.11 Å². The van der Waals surface area contributed by atoms with Crippen LogP contribution >= 0.6 is 0 Å². The van der Waals surface area contributed by atoms with Gasteiger partial charge in [-0.3, -0.25) is 4.79 Å². The molecule has 5 heteroatoms. The molecule has 0 heterocycles. The minimum absolute atomic E-state index is 0.104. The highest BCUT2D eigenvalue weighted by atomic mass is 16.5. The fourth-order valence-electron chi connectivity index (χ4n) is 2.62. The maximum Gasteiger partial charge on any atom is 0.339 e. The first-order chi connectivity index (χ1) is 12.6. The molecule has 1 rings (SSSR count). The van der Waals surface area contributed by atoms with Gasteiger partial charge in [0.25, 0.3) is 0 Å². The Bertz CT molecular complexity index is 632. The van der Waals surface area contributed by atoms with Crippen molar-refractivity contribution >= 4 is 11.9 Å². The minimum Gasteiger partial charge on any atom is -0.465 e. The molecule has 5 nitrogen and oxygen atoms in total. The van der Waals surface area contributed by atoms with Gasteiger partial charge in [0.15, 0.2) is 0 Å². The summed E-state index contributed by atoms with van der Waals surface area (Å²) in [6.45, 7) is 3.84. The molecule has 0 fully saturated rings. The minimum atomic E-state index is -0.382. The normalized spacial score (nSPS) is 9.96. The summed E-state index contributed by atoms with van der Waals surface area (Å²) in [5.74, 6) is 5.84. The van der Waals surface area contributed by atoms with Crippen LogP contribution in [0.5, 0.6) is 0 Å². The maximum atomic E-state index is 11.7. The highest BCUT2D eigenvalue weighted by Gasteiger charge is 2.09. The number of carbonyl (C=O) groups excluding carboxylic acids is 2. The number of amides is 1. The summed E-state index contributed by atoms with van der Waals surface area (Å²) in [5, 5.41) is 0. The lowest BCUT2D eigenvalue weighted by molar-refractivity contribution is -0.129. The van der Waals surface area contributed by atoms with Crippen molar-refractivity contribution in [2.75, 3.05) is 26.7 Å². The Hall–Kier alpha value is -2.32. The summed E-state index contributed by atoms with van der Waals surface area (Å²) in [4.78, 5) is 25.3. The molecule has 0 spiro atoms. The Balaban J connectivity index is 2.44. The Labute approximate surface area is 156 Å². The van der Waals surface area contributed by atoms with Crippen LogP contribution in [0.25, 0.3) is 0 Å². The Morgan fingerprint density at radius 3 is 2.46 bits per heavy atom. The number of methoxy groups -OCH3 is 1. The van der Waals surface area contributed by atoms with Crippen molar-refractivity contribution in [2.24, 2.45) is 5.73 Å². The fraction of sp³-hybridized carbons (Fsp3) is 0.524. The lowest BCUT2D eigenvalue weighted by Crippen LogP contribution is -2.30. The van der Waals surface area contributed by atoms with Crippen LogP contribution < -0.4 is 5.73 Å². The number of rotatable bonds is 10. The van der Waals surface area contributed by atoms with E-state index >= 15 is 0 Å². The van der Waals surface area contributed by atoms with Gasteiger partial charge in [-0.05, 0) is 37.9 Å². The molecule has 0 aliphatic rings. The van der Waals surface area contributed by atoms with Crippen LogP contribution in [0.4, 0.5) is 0 Å². The highest BCUT2D eigenvalue weighted by molar-refractivity contribution is 5.92. The van der Waals surface area contributed by atoms with Gasteiger partial charge in [0.1, 0.15) is 0 Å². The smallest absolute Gasteiger partial charge is 0.339 e. The van der Waals surface area contributed by atoms with E-state index in [0.717, 1.165) is 45.2 Å². The Morgan fingerprint density at radius 2 is 1.77 bits per heavy atom. The number of ether oxygens (including phenoxy) is 1. The molecule has 0 unspecified atom stereocenters. The van der Waals surface area contributed by atoms with Crippen molar-refractivity contribution in [3.8, 4) is 11.8 Å². The zero-order chi connectivity index (χ0) is 19.2. The summed E-state index contributed by atoms with van der Waals surface area (Å²) in [5.41, 5.74) is 6.63. The zero-order valence-corrected chi connectivity index (χ0v) is 15.9. The molecule has 142 valence electrons. The van der Waals surface area contributed by atoms with Crippen LogP contribution in [0.15, 0.2) is 24.3 Å². The van der Waals surface area contributed by atoms with E-state index in [4.69, 9.17) is 10.5 Å². The number of hydrogen-bond donors (Lipinski definition) is 1. The van der Waals surface area contributed by atoms with E-state index in [-0.39, 0.29) is 11.9 Å². The molecule has 0 aliphatic heterocycles. The van der Waals surface area contributed by atoms with Crippen LogP contribution in [-0.2, 0) is 9.53 Å². The number of esters is 1. The summed E-state index contributed by atoms with van der Waals surface area (Å²) in [7, 11) is 1.36. The topological polar surface area (TPSA) is 72.6 Å². The highest BCUT2D eigenvalue weighted by Crippen LogP contribution is 2.09. The van der Waals surface area contributed by atoms with E-state index in [9.17, 15) is 9.59 Å². The molecule has 0 saturated carbocycles. The summed E-state index contributed by atoms with van der Waals surface area (Å²) in [6.07, 6.45) is 5.77. The van der Waals surface area contributed by atoms with Gasteiger partial charge < -0.3 is 15.4 Å². The van der Waals surface area contributed by atoms with Gasteiger partial charge in [-0.2, -0.15) is 0 Å². The largest absolute Gasteiger partial charge is 0.465 e. The van der Waals surface area contributed by atoms with Gasteiger partial charge in [-0.25, -0.2) is 4.79 Å². The molecule has 0 aliphatic carbocycles. The van der Waals surface area contributed by atoms with E-state index < -0.39 is 0 Å². The molecule has 0 atom stereocenters. The van der Waals surface area contributed by atoms with E-state index in [0.29, 0.717) is 24.1 Å². The second-order valence-electron chi connectivity index (χ2n) is 6.15. The van der Waals surface area contributed by atoms with Crippen LogP contribution in [0.1, 0.15) is 61.4 Å². The van der Waals surface area contributed by atoms with Crippen molar-refractivity contribution in [3.63, 3.8) is 0 Å². The molecular weight excluding hydrogens is 328 g/mol. The third-order valence-corrected chi connectivity index (χ3v) is 4.11. The van der Waals surface area contributed by atoms with Gasteiger partial charge in [0.2, 0.25) is 5.91 Å². The van der Waals surface area contributed by atoms with Crippen LogP contribution in [0.3, 0.4) is 0 Å². The van der Waals surface area contributed by atoms with Crippen molar-refractivity contribution in [1.82, 2.24) is 4.90 Å². The van der Waals surface area contributed by atoms with Crippen molar-refractivity contribution < 1.29 is 14.3 Å².